The van der Waals surface area contributed by atoms with E-state index < -0.39 is 5.79 Å². The number of allylic oxidation sites excluding steroid dienone is 1. The monoisotopic (exact) mass is 556 g/mol. The Labute approximate surface area is 246 Å². The van der Waals surface area contributed by atoms with Crippen LogP contribution in [-0.2, 0) is 22.6 Å². The standard InChI is InChI=1S/C37H48O4/c1-5-40-30-14-11-28(12-15-30)25-41-37(39)22-21-34(3)29(24-37)13-16-31-32(34)17-19-35(4)33(31)18-20-36(35,26(2)38)23-27-9-7-6-8-10-27/h6-15,31-33,39H,5,16-25H2,1-4H3/t31-,32+,33+,34+,35+,36+,37-/m1/s1. The van der Waals surface area contributed by atoms with E-state index in [-0.39, 0.29) is 16.2 Å². The molecule has 0 amide bonds. The Morgan fingerprint density at radius 2 is 1.66 bits per heavy atom. The molecule has 4 aliphatic carbocycles. The predicted octanol–water partition coefficient (Wildman–Crippen LogP) is 8.07. The predicted molar refractivity (Wildman–Crippen MR) is 162 cm³/mol. The lowest BCUT2D eigenvalue weighted by molar-refractivity contribution is -0.231. The molecule has 3 fully saturated rings. The van der Waals surface area contributed by atoms with E-state index in [2.05, 4.69) is 50.3 Å². The van der Waals surface area contributed by atoms with Crippen LogP contribution in [0.25, 0.3) is 0 Å². The van der Waals surface area contributed by atoms with Crippen LogP contribution in [0.5, 0.6) is 5.75 Å². The number of ketones is 1. The SMILES string of the molecule is CCOc1ccc(CO[C@]2(O)CC[C@@]3(C)C(=CC[C@@H]4[C@@H]3CC[C@@]3(C)[C@H]4CC[C@]3(Cc3ccccc3)C(C)=O)C2)cc1. The van der Waals surface area contributed by atoms with Gasteiger partial charge in [0.05, 0.1) is 13.2 Å². The van der Waals surface area contributed by atoms with Crippen LogP contribution >= 0.6 is 0 Å². The maximum absolute atomic E-state index is 13.5. The van der Waals surface area contributed by atoms with Crippen molar-refractivity contribution >= 4 is 5.78 Å². The molecule has 6 rings (SSSR count). The van der Waals surface area contributed by atoms with E-state index in [1.54, 1.807) is 0 Å². The van der Waals surface area contributed by atoms with Gasteiger partial charge in [0.2, 0.25) is 0 Å². The second-order valence-electron chi connectivity index (χ2n) is 14.0. The Bertz CT molecular complexity index is 1280. The molecule has 1 N–H and O–H groups in total. The van der Waals surface area contributed by atoms with Crippen LogP contribution in [0.4, 0.5) is 0 Å². The van der Waals surface area contributed by atoms with E-state index in [0.717, 1.165) is 49.8 Å². The van der Waals surface area contributed by atoms with Gasteiger partial charge in [0.1, 0.15) is 11.5 Å². The largest absolute Gasteiger partial charge is 0.494 e. The lowest BCUT2D eigenvalue weighted by Gasteiger charge is -2.60. The van der Waals surface area contributed by atoms with E-state index in [0.29, 0.717) is 49.6 Å². The first-order valence-corrected chi connectivity index (χ1v) is 16.0. The Balaban J connectivity index is 1.19. The molecule has 4 aliphatic rings. The van der Waals surface area contributed by atoms with Crippen LogP contribution in [0.3, 0.4) is 0 Å². The van der Waals surface area contributed by atoms with Crippen LogP contribution in [0.2, 0.25) is 0 Å². The average molecular weight is 557 g/mol. The zero-order chi connectivity index (χ0) is 28.9. The molecule has 0 heterocycles. The van der Waals surface area contributed by atoms with Gasteiger partial charge in [-0.2, -0.15) is 0 Å². The zero-order valence-electron chi connectivity index (χ0n) is 25.5. The van der Waals surface area contributed by atoms with E-state index in [9.17, 15) is 9.90 Å². The smallest absolute Gasteiger partial charge is 0.169 e. The fraction of sp³-hybridized carbons (Fsp3) is 0.595. The Hall–Kier alpha value is -2.43. The summed E-state index contributed by atoms with van der Waals surface area (Å²) in [6.07, 6.45) is 11.0. The van der Waals surface area contributed by atoms with Crippen LogP contribution in [0.15, 0.2) is 66.2 Å². The number of Topliss-reactive ketones (excluding diaryl/α,β-unsaturated/α-hetero) is 1. The molecular formula is C37H48O4. The highest BCUT2D eigenvalue weighted by Crippen LogP contribution is 2.70. The van der Waals surface area contributed by atoms with Gasteiger partial charge in [-0.3, -0.25) is 4.79 Å². The highest BCUT2D eigenvalue weighted by atomic mass is 16.6. The van der Waals surface area contributed by atoms with Crippen molar-refractivity contribution in [2.24, 2.45) is 34.0 Å². The molecule has 4 nitrogen and oxygen atoms in total. The summed E-state index contributed by atoms with van der Waals surface area (Å²) in [5.74, 6) is 1.91. The van der Waals surface area contributed by atoms with E-state index >= 15 is 0 Å². The molecule has 220 valence electrons. The summed E-state index contributed by atoms with van der Waals surface area (Å²) in [5.41, 5.74) is 3.60. The molecule has 0 bridgehead atoms. The number of aliphatic hydroxyl groups is 1. The molecule has 0 saturated heterocycles. The molecular weight excluding hydrogens is 508 g/mol. The van der Waals surface area contributed by atoms with Crippen molar-refractivity contribution in [3.8, 4) is 5.75 Å². The van der Waals surface area contributed by atoms with Gasteiger partial charge < -0.3 is 14.6 Å². The minimum Gasteiger partial charge on any atom is -0.494 e. The van der Waals surface area contributed by atoms with Crippen LogP contribution < -0.4 is 4.74 Å². The van der Waals surface area contributed by atoms with Crippen molar-refractivity contribution in [1.29, 1.82) is 0 Å². The van der Waals surface area contributed by atoms with Crippen molar-refractivity contribution in [1.82, 2.24) is 0 Å². The van der Waals surface area contributed by atoms with Gasteiger partial charge in [0, 0.05) is 18.3 Å². The second-order valence-corrected chi connectivity index (χ2v) is 14.0. The Morgan fingerprint density at radius 3 is 2.37 bits per heavy atom. The molecule has 41 heavy (non-hydrogen) atoms. The molecule has 0 spiro atoms. The van der Waals surface area contributed by atoms with E-state index in [4.69, 9.17) is 9.47 Å². The van der Waals surface area contributed by atoms with Gasteiger partial charge in [-0.05, 0) is 111 Å². The number of ether oxygens (including phenoxy) is 2. The summed E-state index contributed by atoms with van der Waals surface area (Å²) in [6, 6.07) is 18.6. The second kappa shape index (κ2) is 10.7. The maximum atomic E-state index is 13.5. The Kier molecular flexibility index (Phi) is 7.47. The van der Waals surface area contributed by atoms with Crippen molar-refractivity contribution in [3.63, 3.8) is 0 Å². The molecule has 0 aliphatic heterocycles. The van der Waals surface area contributed by atoms with Crippen molar-refractivity contribution in [2.45, 2.75) is 97.9 Å². The lowest BCUT2D eigenvalue weighted by Crippen LogP contribution is -2.55. The average Bonchev–Trinajstić information content (AvgIpc) is 3.27. The van der Waals surface area contributed by atoms with Crippen molar-refractivity contribution < 1.29 is 19.4 Å². The molecule has 3 saturated carbocycles. The van der Waals surface area contributed by atoms with Gasteiger partial charge in [-0.1, -0.05) is 68.0 Å². The number of carbonyl (C=O) groups is 1. The molecule has 7 atom stereocenters. The molecule has 4 heteroatoms. The third-order valence-electron chi connectivity index (χ3n) is 12.3. The third kappa shape index (κ3) is 4.79. The first-order chi connectivity index (χ1) is 19.6. The molecule has 0 aromatic heterocycles. The van der Waals surface area contributed by atoms with Gasteiger partial charge in [0.25, 0.3) is 0 Å². The Morgan fingerprint density at radius 1 is 0.927 bits per heavy atom. The topological polar surface area (TPSA) is 55.8 Å². The van der Waals surface area contributed by atoms with Crippen LogP contribution in [-0.4, -0.2) is 23.3 Å². The van der Waals surface area contributed by atoms with Gasteiger partial charge in [-0.15, -0.1) is 0 Å². The molecule has 2 aromatic rings. The number of fused-ring (bicyclic) bond motifs is 5. The quantitative estimate of drug-likeness (QED) is 0.264. The summed E-state index contributed by atoms with van der Waals surface area (Å²) in [5, 5.41) is 11.6. The minimum absolute atomic E-state index is 0.0355. The van der Waals surface area contributed by atoms with E-state index in [1.807, 2.05) is 38.1 Å². The fourth-order valence-corrected chi connectivity index (χ4v) is 9.88. The zero-order valence-corrected chi connectivity index (χ0v) is 25.5. The van der Waals surface area contributed by atoms with Gasteiger partial charge >= 0.3 is 0 Å². The third-order valence-corrected chi connectivity index (χ3v) is 12.3. The number of benzene rings is 2. The molecule has 0 unspecified atom stereocenters. The van der Waals surface area contributed by atoms with Crippen molar-refractivity contribution in [3.05, 3.63) is 77.4 Å². The first-order valence-electron chi connectivity index (χ1n) is 16.0. The lowest BCUT2D eigenvalue weighted by atomic mass is 9.44. The normalized spacial score (nSPS) is 37.9. The minimum atomic E-state index is -1.12. The van der Waals surface area contributed by atoms with E-state index in [1.165, 1.54) is 17.6 Å². The molecule has 0 radical (unpaired) electrons. The van der Waals surface area contributed by atoms with Crippen molar-refractivity contribution in [2.75, 3.05) is 6.61 Å². The van der Waals surface area contributed by atoms with Gasteiger partial charge in [0.15, 0.2) is 5.79 Å². The molecule has 2 aromatic carbocycles. The number of hydrogen-bond donors (Lipinski definition) is 1. The number of carbonyl (C=O) groups excluding carboxylic acids is 1. The number of hydrogen-bond acceptors (Lipinski definition) is 4. The summed E-state index contributed by atoms with van der Waals surface area (Å²) in [6.45, 7) is 9.81. The summed E-state index contributed by atoms with van der Waals surface area (Å²) < 4.78 is 11.8. The number of rotatable bonds is 8. The summed E-state index contributed by atoms with van der Waals surface area (Å²) >= 11 is 0. The summed E-state index contributed by atoms with van der Waals surface area (Å²) in [4.78, 5) is 13.5. The highest BCUT2D eigenvalue weighted by molar-refractivity contribution is 5.84. The van der Waals surface area contributed by atoms with Gasteiger partial charge in [-0.25, -0.2) is 0 Å². The maximum Gasteiger partial charge on any atom is 0.169 e. The highest BCUT2D eigenvalue weighted by Gasteiger charge is 2.65. The van der Waals surface area contributed by atoms with Crippen LogP contribution in [0.1, 0.15) is 90.2 Å². The first kappa shape index (κ1) is 28.7. The van der Waals surface area contributed by atoms with Crippen LogP contribution in [0, 0.1) is 34.0 Å². The summed E-state index contributed by atoms with van der Waals surface area (Å²) in [7, 11) is 0. The fourth-order valence-electron chi connectivity index (χ4n) is 9.88.